The number of carbonyl (C=O) groups is 1. The van der Waals surface area contributed by atoms with Crippen molar-refractivity contribution in [2.45, 2.75) is 44.5 Å². The second-order valence-electron chi connectivity index (χ2n) is 8.53. The molecule has 172 valence electrons. The molecule has 2 heterocycles. The van der Waals surface area contributed by atoms with Crippen molar-refractivity contribution in [2.24, 2.45) is 0 Å². The Labute approximate surface area is 190 Å². The zero-order valence-corrected chi connectivity index (χ0v) is 18.1. The fraction of sp³-hybridized carbons (Fsp3) is 0.280. The van der Waals surface area contributed by atoms with Gasteiger partial charge in [0, 0.05) is 6.99 Å². The zero-order chi connectivity index (χ0) is 23.4. The Hall–Kier alpha value is -3.52. The Morgan fingerprint density at radius 3 is 2.45 bits per heavy atom. The number of rotatable bonds is 5. The molecule has 0 spiro atoms. The van der Waals surface area contributed by atoms with Crippen LogP contribution < -0.4 is 14.8 Å². The highest BCUT2D eigenvalue weighted by Gasteiger charge is 2.53. The molecular formula is C25H24F2N2O4. The van der Waals surface area contributed by atoms with Crippen LogP contribution in [0.15, 0.2) is 54.6 Å². The maximum atomic E-state index is 13.4. The zero-order valence-electron chi connectivity index (χ0n) is 18.1. The van der Waals surface area contributed by atoms with Gasteiger partial charge in [0.2, 0.25) is 5.91 Å². The molecule has 2 N–H and O–H groups in total. The van der Waals surface area contributed by atoms with E-state index in [4.69, 9.17) is 0 Å². The topological polar surface area (TPSA) is 80.7 Å². The Morgan fingerprint density at radius 2 is 1.79 bits per heavy atom. The lowest BCUT2D eigenvalue weighted by atomic mass is 9.94. The molecule has 1 unspecified atom stereocenters. The summed E-state index contributed by atoms with van der Waals surface area (Å²) in [5, 5.41) is 12.6. The third-order valence-electron chi connectivity index (χ3n) is 6.14. The van der Waals surface area contributed by atoms with E-state index in [0.717, 1.165) is 22.4 Å². The average Bonchev–Trinajstić information content (AvgIpc) is 3.52. The summed E-state index contributed by atoms with van der Waals surface area (Å²) in [4.78, 5) is 17.8. The van der Waals surface area contributed by atoms with Crippen molar-refractivity contribution < 1.29 is 29.6 Å². The van der Waals surface area contributed by atoms with Crippen molar-refractivity contribution in [2.75, 3.05) is 5.32 Å². The van der Waals surface area contributed by atoms with Gasteiger partial charge in [-0.2, -0.15) is 0 Å². The van der Waals surface area contributed by atoms with Crippen molar-refractivity contribution >= 4 is 11.7 Å². The van der Waals surface area contributed by atoms with E-state index in [1.807, 2.05) is 37.3 Å². The van der Waals surface area contributed by atoms with E-state index in [2.05, 4.69) is 19.8 Å². The highest BCUT2D eigenvalue weighted by Crippen LogP contribution is 2.52. The molecule has 1 saturated carbocycles. The summed E-state index contributed by atoms with van der Waals surface area (Å²) in [5.41, 5.74) is 3.11. The second kappa shape index (κ2) is 7.52. The molecule has 8 heteroatoms. The van der Waals surface area contributed by atoms with Gasteiger partial charge in [0.25, 0.3) is 0 Å². The predicted molar refractivity (Wildman–Crippen MR) is 119 cm³/mol. The molecule has 0 saturated heterocycles. The number of nitrogens with zero attached hydrogens (tertiary/aromatic N) is 1. The molecular weight excluding hydrogens is 430 g/mol. The fourth-order valence-corrected chi connectivity index (χ4v) is 4.06. The molecule has 6 nitrogen and oxygen atoms in total. The molecule has 1 aliphatic heterocycles. The first-order valence-electron chi connectivity index (χ1n) is 10.6. The third-order valence-corrected chi connectivity index (χ3v) is 6.14. The molecule has 3 aromatic rings. The van der Waals surface area contributed by atoms with Gasteiger partial charge in [0.05, 0.1) is 17.2 Å². The van der Waals surface area contributed by atoms with Crippen LogP contribution in [0.3, 0.4) is 0 Å². The van der Waals surface area contributed by atoms with Crippen LogP contribution in [0.2, 0.25) is 0 Å². The number of alkyl halides is 2. The van der Waals surface area contributed by atoms with E-state index in [1.165, 1.54) is 12.1 Å². The van der Waals surface area contributed by atoms with Crippen LogP contribution in [-0.4, -0.2) is 22.3 Å². The lowest BCUT2D eigenvalue weighted by Crippen LogP contribution is -2.28. The minimum Gasteiger partial charge on any atom is -0.395 e. The number of ether oxygens (including phenoxy) is 2. The summed E-state index contributed by atoms with van der Waals surface area (Å²) in [6, 6.07) is 15.5. The summed E-state index contributed by atoms with van der Waals surface area (Å²) in [6.07, 6.45) is -3.07. The van der Waals surface area contributed by atoms with E-state index < -0.39 is 17.8 Å². The van der Waals surface area contributed by atoms with Gasteiger partial charge < -0.3 is 19.9 Å². The molecule has 2 aliphatic rings. The van der Waals surface area contributed by atoms with Gasteiger partial charge in [-0.05, 0) is 61.6 Å². The van der Waals surface area contributed by atoms with Crippen molar-refractivity contribution in [3.8, 4) is 22.8 Å². The summed E-state index contributed by atoms with van der Waals surface area (Å²) >= 11 is 0. The number of hydrogen-bond donors (Lipinski definition) is 2. The standard InChI is InChI=1S/C25H22F2N2O4.H2/c1-14-3-10-21(28-22(14)17-6-4-16(5-7-17)15(2)30)29-23(31)24(11-12-24)18-8-9-19-20(13-18)33-25(26,27)32-19;/h3-10,13,15,30H,11-12H2,1-2H3,(H,28,29,31);1H. The number of aromatic nitrogens is 1. The Balaban J connectivity index is 0.00000274. The summed E-state index contributed by atoms with van der Waals surface area (Å²) in [7, 11) is 0. The predicted octanol–water partition coefficient (Wildman–Crippen LogP) is 5.35. The van der Waals surface area contributed by atoms with Gasteiger partial charge in [0.15, 0.2) is 11.5 Å². The lowest BCUT2D eigenvalue weighted by molar-refractivity contribution is -0.286. The van der Waals surface area contributed by atoms with Crippen molar-refractivity contribution in [1.29, 1.82) is 0 Å². The third kappa shape index (κ3) is 3.91. The van der Waals surface area contributed by atoms with Crippen LogP contribution in [0.25, 0.3) is 11.3 Å². The van der Waals surface area contributed by atoms with Gasteiger partial charge in [-0.15, -0.1) is 8.78 Å². The SMILES string of the molecule is Cc1ccc(NC(=O)C2(c3ccc4c(c3)OC(F)(F)O4)CC2)nc1-c1ccc(C(C)O)cc1.[HH]. The van der Waals surface area contributed by atoms with Gasteiger partial charge in [-0.25, -0.2) is 4.98 Å². The number of nitrogens with one attached hydrogen (secondary N) is 1. The molecule has 2 aromatic carbocycles. The number of fused-ring (bicyclic) bond motifs is 1. The molecule has 1 aliphatic carbocycles. The van der Waals surface area contributed by atoms with Gasteiger partial charge in [-0.1, -0.05) is 36.4 Å². The minimum atomic E-state index is -3.70. The van der Waals surface area contributed by atoms with Crippen LogP contribution >= 0.6 is 0 Å². The number of aliphatic hydroxyl groups is 1. The van der Waals surface area contributed by atoms with E-state index in [9.17, 15) is 18.7 Å². The summed E-state index contributed by atoms with van der Waals surface area (Å²) < 4.78 is 35.7. The quantitative estimate of drug-likeness (QED) is 0.543. The van der Waals surface area contributed by atoms with Crippen molar-refractivity contribution in [3.05, 3.63) is 71.3 Å². The smallest absolute Gasteiger partial charge is 0.395 e. The Morgan fingerprint density at radius 1 is 1.09 bits per heavy atom. The van der Waals surface area contributed by atoms with E-state index in [0.29, 0.717) is 24.2 Å². The molecule has 0 radical (unpaired) electrons. The number of benzene rings is 2. The number of amides is 1. The first-order valence-corrected chi connectivity index (χ1v) is 10.6. The minimum absolute atomic E-state index is 0. The molecule has 0 bridgehead atoms. The van der Waals surface area contributed by atoms with Crippen molar-refractivity contribution in [1.82, 2.24) is 4.98 Å². The highest BCUT2D eigenvalue weighted by atomic mass is 19.3. The monoisotopic (exact) mass is 454 g/mol. The van der Waals surface area contributed by atoms with Gasteiger partial charge >= 0.3 is 6.29 Å². The first kappa shape index (κ1) is 21.3. The van der Waals surface area contributed by atoms with Crippen LogP contribution in [0.5, 0.6) is 11.5 Å². The molecule has 1 atom stereocenters. The average molecular weight is 454 g/mol. The first-order chi connectivity index (χ1) is 15.7. The number of aliphatic hydroxyl groups excluding tert-OH is 1. The number of hydrogen-bond acceptors (Lipinski definition) is 5. The van der Waals surface area contributed by atoms with Crippen LogP contribution in [0, 0.1) is 6.92 Å². The molecule has 33 heavy (non-hydrogen) atoms. The van der Waals surface area contributed by atoms with Gasteiger partial charge in [0.1, 0.15) is 5.82 Å². The Kier molecular flexibility index (Phi) is 4.86. The van der Waals surface area contributed by atoms with Crippen LogP contribution in [0.4, 0.5) is 14.6 Å². The Bertz CT molecular complexity index is 1240. The summed E-state index contributed by atoms with van der Waals surface area (Å²) in [6.45, 7) is 3.63. The van der Waals surface area contributed by atoms with Gasteiger partial charge in [-0.3, -0.25) is 4.79 Å². The molecule has 1 amide bonds. The fourth-order valence-electron chi connectivity index (χ4n) is 4.06. The molecule has 1 fully saturated rings. The largest absolute Gasteiger partial charge is 0.586 e. The van der Waals surface area contributed by atoms with Crippen molar-refractivity contribution in [3.63, 3.8) is 0 Å². The number of aryl methyl sites for hydroxylation is 1. The number of anilines is 1. The van der Waals surface area contributed by atoms with Crippen LogP contribution in [0.1, 0.15) is 44.0 Å². The molecule has 1 aromatic heterocycles. The number of halogens is 2. The normalized spacial score (nSPS) is 18.0. The maximum Gasteiger partial charge on any atom is 0.586 e. The lowest BCUT2D eigenvalue weighted by Gasteiger charge is -2.17. The van der Waals surface area contributed by atoms with E-state index >= 15 is 0 Å². The summed E-state index contributed by atoms with van der Waals surface area (Å²) in [5.74, 6) is 0.0259. The number of carbonyl (C=O) groups excluding carboxylic acids is 1. The van der Waals surface area contributed by atoms with E-state index in [1.54, 1.807) is 19.1 Å². The maximum absolute atomic E-state index is 13.4. The van der Waals surface area contributed by atoms with E-state index in [-0.39, 0.29) is 18.8 Å². The number of pyridine rings is 1. The van der Waals surface area contributed by atoms with Crippen LogP contribution in [-0.2, 0) is 10.2 Å². The highest BCUT2D eigenvalue weighted by molar-refractivity contribution is 6.01. The molecule has 5 rings (SSSR count). The second-order valence-corrected chi connectivity index (χ2v) is 8.53.